The molecule has 27 heavy (non-hydrogen) atoms. The molecule has 1 aromatic heterocycles. The lowest BCUT2D eigenvalue weighted by Gasteiger charge is -2.11. The summed E-state index contributed by atoms with van der Waals surface area (Å²) in [6.07, 6.45) is 3.35. The van der Waals surface area contributed by atoms with Crippen LogP contribution >= 0.6 is 0 Å². The smallest absolute Gasteiger partial charge is 0.220 e. The lowest BCUT2D eigenvalue weighted by Crippen LogP contribution is -2.24. The SMILES string of the molecule is CCCC(=O)NCc1nc2ccccc2n1CCCCOc1ccccc1. The van der Waals surface area contributed by atoms with Crippen LogP contribution in [0, 0.1) is 0 Å². The van der Waals surface area contributed by atoms with Gasteiger partial charge in [-0.25, -0.2) is 4.98 Å². The van der Waals surface area contributed by atoms with Crippen molar-refractivity contribution >= 4 is 16.9 Å². The Hall–Kier alpha value is -2.82. The molecule has 1 heterocycles. The van der Waals surface area contributed by atoms with Gasteiger partial charge in [-0.15, -0.1) is 0 Å². The van der Waals surface area contributed by atoms with Crippen molar-refractivity contribution in [2.45, 2.75) is 45.7 Å². The molecule has 0 aliphatic rings. The van der Waals surface area contributed by atoms with E-state index in [1.807, 2.05) is 55.5 Å². The molecule has 0 fully saturated rings. The minimum atomic E-state index is 0.0763. The Morgan fingerprint density at radius 1 is 1.07 bits per heavy atom. The number of imidazole rings is 1. The molecule has 1 amide bonds. The standard InChI is InChI=1S/C22H27N3O2/c1-2-10-22(26)23-17-21-24-19-13-6-7-14-20(19)25(21)15-8-9-16-27-18-11-4-3-5-12-18/h3-7,11-14H,2,8-10,15-17H2,1H3,(H,23,26). The molecule has 0 saturated carbocycles. The molecule has 1 N–H and O–H groups in total. The number of carbonyl (C=O) groups excluding carboxylic acids is 1. The van der Waals surface area contributed by atoms with Crippen molar-refractivity contribution in [3.8, 4) is 5.75 Å². The van der Waals surface area contributed by atoms with Crippen molar-refractivity contribution in [3.63, 3.8) is 0 Å². The van der Waals surface area contributed by atoms with E-state index in [9.17, 15) is 4.79 Å². The monoisotopic (exact) mass is 365 g/mol. The van der Waals surface area contributed by atoms with Gasteiger partial charge in [0.15, 0.2) is 0 Å². The fraction of sp³-hybridized carbons (Fsp3) is 0.364. The Morgan fingerprint density at radius 3 is 2.67 bits per heavy atom. The van der Waals surface area contributed by atoms with E-state index in [-0.39, 0.29) is 5.91 Å². The number of aryl methyl sites for hydroxylation is 1. The van der Waals surface area contributed by atoms with E-state index in [0.717, 1.165) is 48.4 Å². The average Bonchev–Trinajstić information content (AvgIpc) is 3.05. The van der Waals surface area contributed by atoms with Gasteiger partial charge in [0.25, 0.3) is 0 Å². The maximum absolute atomic E-state index is 11.8. The molecule has 2 aromatic carbocycles. The summed E-state index contributed by atoms with van der Waals surface area (Å²) >= 11 is 0. The number of ether oxygens (including phenoxy) is 1. The molecule has 5 heteroatoms. The largest absolute Gasteiger partial charge is 0.494 e. The number of amides is 1. The first-order valence-electron chi connectivity index (χ1n) is 9.66. The summed E-state index contributed by atoms with van der Waals surface area (Å²) in [5, 5.41) is 2.98. The Morgan fingerprint density at radius 2 is 1.85 bits per heavy atom. The van der Waals surface area contributed by atoms with Gasteiger partial charge in [-0.1, -0.05) is 37.3 Å². The summed E-state index contributed by atoms with van der Waals surface area (Å²) in [7, 11) is 0. The summed E-state index contributed by atoms with van der Waals surface area (Å²) in [6, 6.07) is 18.0. The third kappa shape index (κ3) is 5.33. The Bertz CT molecular complexity index is 858. The predicted octanol–water partition coefficient (Wildman–Crippen LogP) is 4.31. The molecule has 3 aromatic rings. The fourth-order valence-electron chi connectivity index (χ4n) is 3.08. The number of aromatic nitrogens is 2. The van der Waals surface area contributed by atoms with Gasteiger partial charge < -0.3 is 14.6 Å². The molecule has 142 valence electrons. The van der Waals surface area contributed by atoms with Crippen molar-refractivity contribution in [1.29, 1.82) is 0 Å². The van der Waals surface area contributed by atoms with Crippen molar-refractivity contribution < 1.29 is 9.53 Å². The van der Waals surface area contributed by atoms with Gasteiger partial charge >= 0.3 is 0 Å². The number of fused-ring (bicyclic) bond motifs is 1. The molecule has 0 saturated heterocycles. The van der Waals surface area contributed by atoms with Crippen LogP contribution in [-0.2, 0) is 17.9 Å². The highest BCUT2D eigenvalue weighted by molar-refractivity contribution is 5.77. The third-order valence-corrected chi connectivity index (χ3v) is 4.44. The highest BCUT2D eigenvalue weighted by Crippen LogP contribution is 2.17. The number of rotatable bonds is 10. The highest BCUT2D eigenvalue weighted by atomic mass is 16.5. The summed E-state index contributed by atoms with van der Waals surface area (Å²) in [6.45, 7) is 4.03. The number of para-hydroxylation sites is 3. The second kappa shape index (κ2) is 9.76. The van der Waals surface area contributed by atoms with E-state index in [1.54, 1.807) is 0 Å². The number of unbranched alkanes of at least 4 members (excludes halogenated alkanes) is 1. The van der Waals surface area contributed by atoms with Crippen LogP contribution in [0.1, 0.15) is 38.4 Å². The van der Waals surface area contributed by atoms with E-state index in [4.69, 9.17) is 9.72 Å². The number of carbonyl (C=O) groups is 1. The van der Waals surface area contributed by atoms with Gasteiger partial charge in [0, 0.05) is 13.0 Å². The lowest BCUT2D eigenvalue weighted by molar-refractivity contribution is -0.121. The quantitative estimate of drug-likeness (QED) is 0.545. The zero-order valence-electron chi connectivity index (χ0n) is 15.9. The van der Waals surface area contributed by atoms with E-state index < -0.39 is 0 Å². The van der Waals surface area contributed by atoms with Crippen LogP contribution in [-0.4, -0.2) is 22.1 Å². The second-order valence-corrected chi connectivity index (χ2v) is 6.56. The second-order valence-electron chi connectivity index (χ2n) is 6.56. The molecule has 0 unspecified atom stereocenters. The van der Waals surface area contributed by atoms with Gasteiger partial charge in [0.05, 0.1) is 24.2 Å². The summed E-state index contributed by atoms with van der Waals surface area (Å²) in [5.41, 5.74) is 2.08. The maximum Gasteiger partial charge on any atom is 0.220 e. The number of benzene rings is 2. The highest BCUT2D eigenvalue weighted by Gasteiger charge is 2.11. The zero-order chi connectivity index (χ0) is 18.9. The van der Waals surface area contributed by atoms with Gasteiger partial charge in [-0.2, -0.15) is 0 Å². The average molecular weight is 365 g/mol. The van der Waals surface area contributed by atoms with E-state index in [1.165, 1.54) is 0 Å². The van der Waals surface area contributed by atoms with Gasteiger partial charge in [-0.3, -0.25) is 4.79 Å². The minimum Gasteiger partial charge on any atom is -0.494 e. The summed E-state index contributed by atoms with van der Waals surface area (Å²) in [4.78, 5) is 16.5. The van der Waals surface area contributed by atoms with E-state index in [2.05, 4.69) is 16.0 Å². The third-order valence-electron chi connectivity index (χ3n) is 4.44. The van der Waals surface area contributed by atoms with Gasteiger partial charge in [0.1, 0.15) is 11.6 Å². The van der Waals surface area contributed by atoms with Gasteiger partial charge in [-0.05, 0) is 43.5 Å². The van der Waals surface area contributed by atoms with Crippen LogP contribution in [0.3, 0.4) is 0 Å². The van der Waals surface area contributed by atoms with Crippen LogP contribution in [0.4, 0.5) is 0 Å². The molecule has 0 atom stereocenters. The van der Waals surface area contributed by atoms with Crippen molar-refractivity contribution in [1.82, 2.24) is 14.9 Å². The zero-order valence-corrected chi connectivity index (χ0v) is 15.9. The van der Waals surface area contributed by atoms with Crippen LogP contribution in [0.25, 0.3) is 11.0 Å². The normalized spacial score (nSPS) is 10.9. The van der Waals surface area contributed by atoms with Crippen molar-refractivity contribution in [3.05, 3.63) is 60.4 Å². The Balaban J connectivity index is 1.58. The van der Waals surface area contributed by atoms with Crippen LogP contribution < -0.4 is 10.1 Å². The first-order chi connectivity index (χ1) is 13.3. The first-order valence-corrected chi connectivity index (χ1v) is 9.66. The topological polar surface area (TPSA) is 56.2 Å². The number of nitrogens with one attached hydrogen (secondary N) is 1. The van der Waals surface area contributed by atoms with E-state index >= 15 is 0 Å². The Labute approximate surface area is 160 Å². The molecule has 3 rings (SSSR count). The molecule has 0 spiro atoms. The number of nitrogens with zero attached hydrogens (tertiary/aromatic N) is 2. The van der Waals surface area contributed by atoms with Gasteiger partial charge in [0.2, 0.25) is 5.91 Å². The van der Waals surface area contributed by atoms with E-state index in [0.29, 0.717) is 19.6 Å². The molecule has 5 nitrogen and oxygen atoms in total. The van der Waals surface area contributed by atoms with Crippen LogP contribution in [0.2, 0.25) is 0 Å². The lowest BCUT2D eigenvalue weighted by atomic mass is 10.3. The van der Waals surface area contributed by atoms with Crippen LogP contribution in [0.5, 0.6) is 5.75 Å². The van der Waals surface area contributed by atoms with Crippen LogP contribution in [0.15, 0.2) is 54.6 Å². The number of hydrogen-bond acceptors (Lipinski definition) is 3. The molecule has 0 bridgehead atoms. The Kier molecular flexibility index (Phi) is 6.85. The minimum absolute atomic E-state index is 0.0763. The molecular formula is C22H27N3O2. The fourth-order valence-corrected chi connectivity index (χ4v) is 3.08. The van der Waals surface area contributed by atoms with Crippen molar-refractivity contribution in [2.75, 3.05) is 6.61 Å². The summed E-state index contributed by atoms with van der Waals surface area (Å²) in [5.74, 6) is 1.89. The predicted molar refractivity (Wildman–Crippen MR) is 108 cm³/mol. The van der Waals surface area contributed by atoms with Crippen molar-refractivity contribution in [2.24, 2.45) is 0 Å². The molecular weight excluding hydrogens is 338 g/mol. The molecule has 0 radical (unpaired) electrons. The first kappa shape index (κ1) is 19.0. The number of hydrogen-bond donors (Lipinski definition) is 1. The maximum atomic E-state index is 11.8. The summed E-state index contributed by atoms with van der Waals surface area (Å²) < 4.78 is 7.98. The molecule has 0 aliphatic carbocycles. The molecule has 0 aliphatic heterocycles.